The van der Waals surface area contributed by atoms with Gasteiger partial charge in [0.05, 0.1) is 17.8 Å². The van der Waals surface area contributed by atoms with Gasteiger partial charge < -0.3 is 9.05 Å². The molecule has 30 heavy (non-hydrogen) atoms. The van der Waals surface area contributed by atoms with Crippen LogP contribution in [-0.2, 0) is 6.54 Å². The standard InChI is InChI=1S/C21H21N7O2/c1-13-16(14(2)29-26-13)10-28-11-17(15-4-3-5-22-8-15)18(12-28)21-25-20(27-30-21)19-9-23-6-7-24-19/h3-9,17-18H,10-12H2,1-2H3/t17-,18+/m0/s1. The molecule has 0 amide bonds. The van der Waals surface area contributed by atoms with E-state index in [-0.39, 0.29) is 11.8 Å². The molecule has 5 rings (SSSR count). The van der Waals surface area contributed by atoms with Gasteiger partial charge in [0.25, 0.3) is 0 Å². The highest BCUT2D eigenvalue weighted by Crippen LogP contribution is 2.40. The average molecular weight is 403 g/mol. The summed E-state index contributed by atoms with van der Waals surface area (Å²) in [4.78, 5) is 19.7. The smallest absolute Gasteiger partial charge is 0.232 e. The van der Waals surface area contributed by atoms with Gasteiger partial charge >= 0.3 is 0 Å². The normalized spacial score (nSPS) is 19.4. The van der Waals surface area contributed by atoms with E-state index in [2.05, 4.69) is 41.2 Å². The number of likely N-dealkylation sites (tertiary alicyclic amines) is 1. The van der Waals surface area contributed by atoms with Crippen LogP contribution >= 0.6 is 0 Å². The summed E-state index contributed by atoms with van der Waals surface area (Å²) in [5, 5.41) is 8.22. The molecule has 0 N–H and O–H groups in total. The Bertz CT molecular complexity index is 1110. The zero-order valence-electron chi connectivity index (χ0n) is 16.8. The summed E-state index contributed by atoms with van der Waals surface area (Å²) in [5.41, 5.74) is 3.81. The van der Waals surface area contributed by atoms with Crippen LogP contribution in [0, 0.1) is 13.8 Å². The van der Waals surface area contributed by atoms with E-state index in [1.165, 1.54) is 0 Å². The molecule has 0 saturated carbocycles. The fourth-order valence-electron chi connectivity index (χ4n) is 4.05. The van der Waals surface area contributed by atoms with Crippen LogP contribution in [0.2, 0.25) is 0 Å². The van der Waals surface area contributed by atoms with E-state index in [4.69, 9.17) is 9.05 Å². The number of hydrogen-bond donors (Lipinski definition) is 0. The van der Waals surface area contributed by atoms with E-state index >= 15 is 0 Å². The molecule has 4 aromatic heterocycles. The van der Waals surface area contributed by atoms with Crippen molar-refractivity contribution < 1.29 is 9.05 Å². The molecule has 4 aromatic rings. The fraction of sp³-hybridized carbons (Fsp3) is 0.333. The van der Waals surface area contributed by atoms with Crippen molar-refractivity contribution in [2.24, 2.45) is 0 Å². The summed E-state index contributed by atoms with van der Waals surface area (Å²) in [6.07, 6.45) is 8.56. The van der Waals surface area contributed by atoms with Crippen LogP contribution < -0.4 is 0 Å². The lowest BCUT2D eigenvalue weighted by molar-refractivity contribution is 0.306. The van der Waals surface area contributed by atoms with E-state index in [1.54, 1.807) is 24.8 Å². The largest absolute Gasteiger partial charge is 0.361 e. The van der Waals surface area contributed by atoms with Crippen LogP contribution in [0.4, 0.5) is 0 Å². The minimum Gasteiger partial charge on any atom is -0.361 e. The zero-order valence-corrected chi connectivity index (χ0v) is 16.8. The molecule has 0 radical (unpaired) electrons. The van der Waals surface area contributed by atoms with Crippen molar-refractivity contribution in [3.05, 3.63) is 71.6 Å². The Balaban J connectivity index is 1.45. The van der Waals surface area contributed by atoms with Gasteiger partial charge in [0.15, 0.2) is 0 Å². The SMILES string of the molecule is Cc1noc(C)c1CN1C[C@@H](c2cccnc2)[C@H](c2nc(-c3cnccn3)no2)C1. The van der Waals surface area contributed by atoms with Gasteiger partial charge in [0.2, 0.25) is 11.7 Å². The minimum absolute atomic E-state index is 0.0487. The molecule has 1 aliphatic rings. The third kappa shape index (κ3) is 3.48. The Kier molecular flexibility index (Phi) is 4.80. The monoisotopic (exact) mass is 403 g/mol. The summed E-state index contributed by atoms with van der Waals surface area (Å²) < 4.78 is 11.0. The van der Waals surface area contributed by atoms with Gasteiger partial charge in [-0.3, -0.25) is 14.9 Å². The molecule has 5 heterocycles. The summed E-state index contributed by atoms with van der Waals surface area (Å²) in [7, 11) is 0. The maximum absolute atomic E-state index is 5.68. The van der Waals surface area contributed by atoms with Crippen LogP contribution in [-0.4, -0.2) is 48.2 Å². The van der Waals surface area contributed by atoms with Crippen molar-refractivity contribution in [2.75, 3.05) is 13.1 Å². The second-order valence-electron chi connectivity index (χ2n) is 7.54. The third-order valence-electron chi connectivity index (χ3n) is 5.62. The molecule has 0 unspecified atom stereocenters. The van der Waals surface area contributed by atoms with Crippen molar-refractivity contribution in [3.8, 4) is 11.5 Å². The highest BCUT2D eigenvalue weighted by molar-refractivity contribution is 5.45. The van der Waals surface area contributed by atoms with Crippen LogP contribution in [0.1, 0.15) is 40.3 Å². The van der Waals surface area contributed by atoms with Crippen LogP contribution in [0.25, 0.3) is 11.5 Å². The number of hydrogen-bond acceptors (Lipinski definition) is 9. The maximum atomic E-state index is 5.68. The highest BCUT2D eigenvalue weighted by atomic mass is 16.5. The molecular weight excluding hydrogens is 382 g/mol. The Morgan fingerprint density at radius 1 is 1.00 bits per heavy atom. The number of rotatable bonds is 5. The predicted octanol–water partition coefficient (Wildman–Crippen LogP) is 2.91. The first-order valence-electron chi connectivity index (χ1n) is 9.83. The summed E-state index contributed by atoms with van der Waals surface area (Å²) >= 11 is 0. The second-order valence-corrected chi connectivity index (χ2v) is 7.54. The number of pyridine rings is 1. The topological polar surface area (TPSA) is 107 Å². The van der Waals surface area contributed by atoms with E-state index in [1.807, 2.05) is 26.1 Å². The molecule has 0 aromatic carbocycles. The van der Waals surface area contributed by atoms with Gasteiger partial charge in [-0.15, -0.1) is 0 Å². The first-order valence-corrected chi connectivity index (χ1v) is 9.83. The lowest BCUT2D eigenvalue weighted by Gasteiger charge is -2.15. The Morgan fingerprint density at radius 2 is 1.87 bits per heavy atom. The number of nitrogens with zero attached hydrogens (tertiary/aromatic N) is 7. The summed E-state index contributed by atoms with van der Waals surface area (Å²) in [5.74, 6) is 2.15. The maximum Gasteiger partial charge on any atom is 0.232 e. The van der Waals surface area contributed by atoms with Gasteiger partial charge in [-0.05, 0) is 25.5 Å². The fourth-order valence-corrected chi connectivity index (χ4v) is 4.05. The molecule has 9 nitrogen and oxygen atoms in total. The van der Waals surface area contributed by atoms with Crippen molar-refractivity contribution in [1.29, 1.82) is 0 Å². The molecular formula is C21H21N7O2. The quantitative estimate of drug-likeness (QED) is 0.497. The summed E-state index contributed by atoms with van der Waals surface area (Å²) in [6, 6.07) is 4.06. The lowest BCUT2D eigenvalue weighted by Crippen LogP contribution is -2.20. The van der Waals surface area contributed by atoms with Crippen molar-refractivity contribution in [3.63, 3.8) is 0 Å². The molecule has 152 valence electrons. The number of aromatic nitrogens is 6. The molecule has 0 spiro atoms. The third-order valence-corrected chi connectivity index (χ3v) is 5.62. The Hall–Kier alpha value is -3.46. The first-order chi connectivity index (χ1) is 14.7. The van der Waals surface area contributed by atoms with Gasteiger partial charge in [0.1, 0.15) is 11.5 Å². The van der Waals surface area contributed by atoms with Crippen molar-refractivity contribution in [1.82, 2.24) is 35.1 Å². The summed E-state index contributed by atoms with van der Waals surface area (Å²) in [6.45, 7) is 6.32. The predicted molar refractivity (Wildman–Crippen MR) is 106 cm³/mol. The average Bonchev–Trinajstić information content (AvgIpc) is 3.50. The highest BCUT2D eigenvalue weighted by Gasteiger charge is 2.39. The van der Waals surface area contributed by atoms with E-state index in [9.17, 15) is 0 Å². The van der Waals surface area contributed by atoms with Crippen LogP contribution in [0.15, 0.2) is 52.2 Å². The molecule has 1 fully saturated rings. The molecule has 2 atom stereocenters. The van der Waals surface area contributed by atoms with E-state index < -0.39 is 0 Å². The van der Waals surface area contributed by atoms with Gasteiger partial charge in [-0.25, -0.2) is 4.98 Å². The van der Waals surface area contributed by atoms with E-state index in [0.717, 1.165) is 42.2 Å². The lowest BCUT2D eigenvalue weighted by atomic mass is 9.90. The second kappa shape index (κ2) is 7.75. The van der Waals surface area contributed by atoms with Crippen molar-refractivity contribution >= 4 is 0 Å². The van der Waals surface area contributed by atoms with Gasteiger partial charge in [0, 0.05) is 55.9 Å². The van der Waals surface area contributed by atoms with Crippen LogP contribution in [0.3, 0.4) is 0 Å². The van der Waals surface area contributed by atoms with Gasteiger partial charge in [-0.2, -0.15) is 4.98 Å². The molecule has 9 heteroatoms. The minimum atomic E-state index is 0.0487. The Labute approximate surface area is 173 Å². The Morgan fingerprint density at radius 3 is 2.60 bits per heavy atom. The van der Waals surface area contributed by atoms with Gasteiger partial charge in [-0.1, -0.05) is 16.4 Å². The molecule has 0 bridgehead atoms. The van der Waals surface area contributed by atoms with Crippen molar-refractivity contribution in [2.45, 2.75) is 32.2 Å². The van der Waals surface area contributed by atoms with Crippen LogP contribution in [0.5, 0.6) is 0 Å². The zero-order chi connectivity index (χ0) is 20.5. The first kappa shape index (κ1) is 18.6. The van der Waals surface area contributed by atoms with E-state index in [0.29, 0.717) is 17.4 Å². The molecule has 0 aliphatic carbocycles. The number of aryl methyl sites for hydroxylation is 2. The molecule has 1 aliphatic heterocycles. The molecule has 1 saturated heterocycles.